The van der Waals surface area contributed by atoms with Crippen LogP contribution in [0.5, 0.6) is 0 Å². The summed E-state index contributed by atoms with van der Waals surface area (Å²) >= 11 is 0. The molecule has 11 nitrogen and oxygen atoms in total. The molecule has 12 heteroatoms. The molecule has 3 unspecified atom stereocenters. The van der Waals surface area contributed by atoms with E-state index in [1.165, 1.54) is 25.7 Å². The molecule has 3 atom stereocenters. The zero-order valence-electron chi connectivity index (χ0n) is 39.5. The molecule has 0 radical (unpaired) electrons. The summed E-state index contributed by atoms with van der Waals surface area (Å²) in [6.45, 7) is 2.42. The molecule has 0 fully saturated rings. The van der Waals surface area contributed by atoms with Crippen molar-refractivity contribution in [1.82, 2.24) is 5.32 Å². The molecule has 64 heavy (non-hydrogen) atoms. The molecule has 1 amide bonds. The molecular formula is C52H86NO10P. The summed E-state index contributed by atoms with van der Waals surface area (Å²) < 4.78 is 26.9. The highest BCUT2D eigenvalue weighted by molar-refractivity contribution is 7.47. The van der Waals surface area contributed by atoms with Gasteiger partial charge in [-0.3, -0.25) is 18.6 Å². The molecule has 0 aromatic heterocycles. The van der Waals surface area contributed by atoms with E-state index in [-0.39, 0.29) is 12.8 Å². The van der Waals surface area contributed by atoms with Crippen molar-refractivity contribution in [3.63, 3.8) is 0 Å². The van der Waals surface area contributed by atoms with Crippen LogP contribution in [0.15, 0.2) is 97.2 Å². The first-order chi connectivity index (χ1) is 31.1. The van der Waals surface area contributed by atoms with E-state index in [4.69, 9.17) is 13.8 Å². The third-order valence-corrected chi connectivity index (χ3v) is 10.8. The number of rotatable bonds is 44. The molecule has 0 aromatic carbocycles. The SMILES string of the molecule is CC/C=C\C/C=C\C/C=C\C/C=C\C/C=C\C/C=C\CCCCCCC(=O)OCC(O)COP(=O)(O)OCC(NC(=O)CCCCCCCCC/C=C\C/C=C\CCCCC)C(=O)O. The minimum Gasteiger partial charge on any atom is -0.480 e. The number of phosphoric ester groups is 1. The second kappa shape index (κ2) is 45.9. The number of nitrogens with one attached hydrogen (secondary N) is 1. The van der Waals surface area contributed by atoms with Gasteiger partial charge in [-0.2, -0.15) is 0 Å². The summed E-state index contributed by atoms with van der Waals surface area (Å²) in [5, 5.41) is 21.9. The number of ether oxygens (including phenoxy) is 1. The monoisotopic (exact) mass is 916 g/mol. The van der Waals surface area contributed by atoms with E-state index in [0.29, 0.717) is 12.8 Å². The number of hydrogen-bond donors (Lipinski definition) is 4. The highest BCUT2D eigenvalue weighted by atomic mass is 31.2. The number of aliphatic carboxylic acids is 1. The maximum atomic E-state index is 12.3. The number of allylic oxidation sites excluding steroid dienone is 16. The number of aliphatic hydroxyl groups excluding tert-OH is 1. The lowest BCUT2D eigenvalue weighted by Crippen LogP contribution is -2.43. The van der Waals surface area contributed by atoms with Crippen molar-refractivity contribution < 1.29 is 47.8 Å². The third kappa shape index (κ3) is 45.0. The van der Waals surface area contributed by atoms with Gasteiger partial charge in [-0.05, 0) is 96.3 Å². The lowest BCUT2D eigenvalue weighted by molar-refractivity contribution is -0.147. The molecule has 0 aromatic rings. The molecule has 0 aliphatic heterocycles. The predicted octanol–water partition coefficient (Wildman–Crippen LogP) is 13.2. The van der Waals surface area contributed by atoms with Crippen molar-refractivity contribution in [3.05, 3.63) is 97.2 Å². The lowest BCUT2D eigenvalue weighted by atomic mass is 10.1. The average Bonchev–Trinajstić information content (AvgIpc) is 3.27. The van der Waals surface area contributed by atoms with E-state index >= 15 is 0 Å². The predicted molar refractivity (Wildman–Crippen MR) is 263 cm³/mol. The summed E-state index contributed by atoms with van der Waals surface area (Å²) in [5.74, 6) is -2.42. The van der Waals surface area contributed by atoms with E-state index in [1.807, 2.05) is 0 Å². The number of carboxylic acid groups (broad SMARTS) is 1. The zero-order chi connectivity index (χ0) is 47.0. The first kappa shape index (κ1) is 60.4. The summed E-state index contributed by atoms with van der Waals surface area (Å²) in [4.78, 5) is 46.1. The molecule has 0 saturated carbocycles. The van der Waals surface area contributed by atoms with Crippen LogP contribution >= 0.6 is 7.82 Å². The maximum absolute atomic E-state index is 12.3. The van der Waals surface area contributed by atoms with Crippen molar-refractivity contribution in [3.8, 4) is 0 Å². The van der Waals surface area contributed by atoms with Crippen LogP contribution in [0, 0.1) is 0 Å². The normalized spacial score (nSPS) is 14.4. The Morgan fingerprint density at radius 3 is 1.36 bits per heavy atom. The van der Waals surface area contributed by atoms with Gasteiger partial charge in [0.05, 0.1) is 13.2 Å². The van der Waals surface area contributed by atoms with Gasteiger partial charge < -0.3 is 25.2 Å². The fraction of sp³-hybridized carbons (Fsp3) is 0.635. The van der Waals surface area contributed by atoms with Crippen LogP contribution in [0.2, 0.25) is 0 Å². The van der Waals surface area contributed by atoms with E-state index in [2.05, 4.69) is 116 Å². The van der Waals surface area contributed by atoms with Crippen LogP contribution in [0.25, 0.3) is 0 Å². The molecule has 0 bridgehead atoms. The number of hydrogen-bond acceptors (Lipinski definition) is 8. The van der Waals surface area contributed by atoms with Crippen LogP contribution in [0.3, 0.4) is 0 Å². The topological polar surface area (TPSA) is 169 Å². The second-order valence-electron chi connectivity index (χ2n) is 15.9. The van der Waals surface area contributed by atoms with Crippen molar-refractivity contribution in [2.75, 3.05) is 19.8 Å². The van der Waals surface area contributed by atoms with Crippen molar-refractivity contribution >= 4 is 25.7 Å². The minimum atomic E-state index is -4.78. The number of esters is 1. The summed E-state index contributed by atoms with van der Waals surface area (Å²) in [6.07, 6.45) is 58.5. The van der Waals surface area contributed by atoms with Gasteiger partial charge in [-0.25, -0.2) is 9.36 Å². The van der Waals surface area contributed by atoms with Gasteiger partial charge in [0, 0.05) is 12.8 Å². The minimum absolute atomic E-state index is 0.130. The summed E-state index contributed by atoms with van der Waals surface area (Å²) in [5.41, 5.74) is 0. The number of unbranched alkanes of at least 4 members (excludes halogenated alkanes) is 14. The summed E-state index contributed by atoms with van der Waals surface area (Å²) in [7, 11) is -4.78. The fourth-order valence-electron chi connectivity index (χ4n) is 6.11. The van der Waals surface area contributed by atoms with Gasteiger partial charge in [0.2, 0.25) is 5.91 Å². The Kier molecular flexibility index (Phi) is 43.4. The van der Waals surface area contributed by atoms with E-state index in [0.717, 1.165) is 116 Å². The van der Waals surface area contributed by atoms with E-state index in [9.17, 15) is 34.1 Å². The fourth-order valence-corrected chi connectivity index (χ4v) is 6.88. The van der Waals surface area contributed by atoms with Crippen LogP contribution in [-0.4, -0.2) is 64.9 Å². The molecule has 4 N–H and O–H groups in total. The summed E-state index contributed by atoms with van der Waals surface area (Å²) in [6, 6.07) is -1.56. The third-order valence-electron chi connectivity index (χ3n) is 9.86. The quantitative estimate of drug-likeness (QED) is 0.0200. The molecule has 0 heterocycles. The van der Waals surface area contributed by atoms with Crippen LogP contribution in [-0.2, 0) is 32.7 Å². The van der Waals surface area contributed by atoms with E-state index in [1.54, 1.807) is 0 Å². The Bertz CT molecular complexity index is 1450. The van der Waals surface area contributed by atoms with Gasteiger partial charge >= 0.3 is 19.8 Å². The first-order valence-electron chi connectivity index (χ1n) is 24.3. The Balaban J connectivity index is 3.93. The van der Waals surface area contributed by atoms with Crippen LogP contribution in [0.4, 0.5) is 0 Å². The van der Waals surface area contributed by atoms with Crippen LogP contribution in [0.1, 0.15) is 181 Å². The first-order valence-corrected chi connectivity index (χ1v) is 25.8. The maximum Gasteiger partial charge on any atom is 0.472 e. The second-order valence-corrected chi connectivity index (χ2v) is 17.4. The van der Waals surface area contributed by atoms with E-state index < -0.39 is 57.6 Å². The molecule has 364 valence electrons. The number of carbonyl (C=O) groups is 3. The number of carbonyl (C=O) groups excluding carboxylic acids is 2. The lowest BCUT2D eigenvalue weighted by Gasteiger charge is -2.18. The molecule has 0 rings (SSSR count). The molecule has 0 saturated heterocycles. The standard InChI is InChI=1S/C52H86NO10P/c1-3-5-7-9-11-13-15-17-19-21-22-23-24-25-26-28-30-32-34-36-38-40-42-44-51(56)61-45-48(54)46-62-64(59,60)63-47-49(52(57)58)53-50(55)43-41-39-37-35-33-31-29-27-20-18-16-14-12-10-8-6-4-2/h5,7,11-14,17-20,22-23,25-26,30,32,48-49,54H,3-4,6,8-10,15-16,21,24,27-29,31,33-47H2,1-2H3,(H,53,55)(H,57,58)(H,59,60)/b7-5-,13-11-,14-12-,19-17-,20-18-,23-22-,26-25-,32-30-. The number of amides is 1. The largest absolute Gasteiger partial charge is 0.480 e. The highest BCUT2D eigenvalue weighted by Crippen LogP contribution is 2.43. The highest BCUT2D eigenvalue weighted by Gasteiger charge is 2.28. The van der Waals surface area contributed by atoms with Gasteiger partial charge in [0.1, 0.15) is 12.7 Å². The molecule has 0 spiro atoms. The zero-order valence-corrected chi connectivity index (χ0v) is 40.4. The number of phosphoric acid groups is 1. The van der Waals surface area contributed by atoms with Gasteiger partial charge in [-0.15, -0.1) is 0 Å². The van der Waals surface area contributed by atoms with Gasteiger partial charge in [-0.1, -0.05) is 169 Å². The van der Waals surface area contributed by atoms with Gasteiger partial charge in [0.25, 0.3) is 0 Å². The smallest absolute Gasteiger partial charge is 0.472 e. The number of carboxylic acids is 1. The Morgan fingerprint density at radius 1 is 0.516 bits per heavy atom. The van der Waals surface area contributed by atoms with Crippen LogP contribution < -0.4 is 5.32 Å². The average molecular weight is 916 g/mol. The Hall–Kier alpha value is -3.60. The Labute approximate surface area is 387 Å². The molecule has 0 aliphatic rings. The van der Waals surface area contributed by atoms with Crippen molar-refractivity contribution in [2.45, 2.75) is 193 Å². The Morgan fingerprint density at radius 2 is 0.906 bits per heavy atom. The molecular weight excluding hydrogens is 830 g/mol. The van der Waals surface area contributed by atoms with Crippen molar-refractivity contribution in [2.24, 2.45) is 0 Å². The molecule has 0 aliphatic carbocycles. The van der Waals surface area contributed by atoms with Crippen molar-refractivity contribution in [1.29, 1.82) is 0 Å². The number of aliphatic hydroxyl groups is 1. The van der Waals surface area contributed by atoms with Gasteiger partial charge in [0.15, 0.2) is 6.04 Å².